The van der Waals surface area contributed by atoms with Crippen molar-refractivity contribution in [2.24, 2.45) is 0 Å². The van der Waals surface area contributed by atoms with Gasteiger partial charge in [0, 0.05) is 24.8 Å². The molecule has 0 bridgehead atoms. The van der Waals surface area contributed by atoms with Gasteiger partial charge < -0.3 is 10.2 Å². The van der Waals surface area contributed by atoms with Gasteiger partial charge in [-0.1, -0.05) is 23.4 Å². The van der Waals surface area contributed by atoms with E-state index in [1.807, 2.05) is 6.92 Å². The van der Waals surface area contributed by atoms with Crippen LogP contribution in [-0.4, -0.2) is 39.0 Å². The molecule has 2 aromatic rings. The van der Waals surface area contributed by atoms with Gasteiger partial charge in [0.25, 0.3) is 0 Å². The average molecular weight is 424 g/mol. The van der Waals surface area contributed by atoms with E-state index < -0.39 is 5.82 Å². The van der Waals surface area contributed by atoms with E-state index in [0.717, 1.165) is 37.0 Å². The van der Waals surface area contributed by atoms with Gasteiger partial charge in [0.05, 0.1) is 10.3 Å². The highest BCUT2D eigenvalue weighted by atomic mass is 35.5. The van der Waals surface area contributed by atoms with Crippen molar-refractivity contribution in [2.75, 3.05) is 23.3 Å². The lowest BCUT2D eigenvalue weighted by Crippen LogP contribution is -2.32. The Kier molecular flexibility index (Phi) is 5.78. The van der Waals surface area contributed by atoms with Crippen LogP contribution in [-0.2, 0) is 4.79 Å². The molecule has 4 rings (SSSR count). The zero-order valence-electron chi connectivity index (χ0n) is 15.7. The van der Waals surface area contributed by atoms with Crippen molar-refractivity contribution in [3.8, 4) is 0 Å². The number of halogens is 2. The second kappa shape index (κ2) is 8.29. The van der Waals surface area contributed by atoms with Crippen LogP contribution in [0, 0.1) is 5.82 Å². The van der Waals surface area contributed by atoms with Crippen LogP contribution in [0.5, 0.6) is 0 Å². The predicted molar refractivity (Wildman–Crippen MR) is 110 cm³/mol. The molecule has 0 spiro atoms. The zero-order valence-corrected chi connectivity index (χ0v) is 17.3. The van der Waals surface area contributed by atoms with Crippen LogP contribution in [0.2, 0.25) is 5.02 Å². The molecule has 1 aliphatic carbocycles. The maximum Gasteiger partial charge on any atom is 0.237 e. The normalized spacial score (nSPS) is 18.2. The quantitative estimate of drug-likeness (QED) is 0.692. The molecule has 1 atom stereocenters. The Balaban J connectivity index is 1.46. The number of carbonyl (C=O) groups excluding carboxylic acids is 1. The van der Waals surface area contributed by atoms with Crippen LogP contribution in [0.15, 0.2) is 23.4 Å². The molecule has 150 valence electrons. The van der Waals surface area contributed by atoms with Gasteiger partial charge >= 0.3 is 0 Å². The number of rotatable bonds is 6. The highest BCUT2D eigenvalue weighted by Crippen LogP contribution is 2.42. The van der Waals surface area contributed by atoms with Gasteiger partial charge in [-0.3, -0.25) is 9.36 Å². The molecule has 9 heteroatoms. The molecule has 1 aromatic carbocycles. The molecule has 1 unspecified atom stereocenters. The number of benzene rings is 1. The molecule has 1 aromatic heterocycles. The number of carbonyl (C=O) groups is 1. The van der Waals surface area contributed by atoms with Gasteiger partial charge in [-0.05, 0) is 57.2 Å². The number of aromatic nitrogens is 3. The number of nitrogens with zero attached hydrogens (tertiary/aromatic N) is 4. The van der Waals surface area contributed by atoms with Crippen molar-refractivity contribution in [1.29, 1.82) is 0 Å². The Hall–Kier alpha value is -1.80. The van der Waals surface area contributed by atoms with Gasteiger partial charge in [-0.25, -0.2) is 4.39 Å². The fraction of sp³-hybridized carbons (Fsp3) is 0.526. The van der Waals surface area contributed by atoms with Crippen LogP contribution in [0.3, 0.4) is 0 Å². The minimum absolute atomic E-state index is 0.0160. The first-order valence-electron chi connectivity index (χ1n) is 9.65. The molecular weight excluding hydrogens is 401 g/mol. The molecule has 28 heavy (non-hydrogen) atoms. The van der Waals surface area contributed by atoms with Crippen molar-refractivity contribution in [3.63, 3.8) is 0 Å². The summed E-state index contributed by atoms with van der Waals surface area (Å²) in [5.74, 6) is 0.241. The lowest BCUT2D eigenvalue weighted by Gasteiger charge is -2.28. The second-order valence-corrected chi connectivity index (χ2v) is 9.02. The van der Waals surface area contributed by atoms with Crippen LogP contribution in [0.25, 0.3) is 0 Å². The average Bonchev–Trinajstić information content (AvgIpc) is 3.45. The van der Waals surface area contributed by atoms with Crippen LogP contribution in [0.4, 0.5) is 16.0 Å². The van der Waals surface area contributed by atoms with Crippen molar-refractivity contribution < 1.29 is 9.18 Å². The van der Waals surface area contributed by atoms with Gasteiger partial charge in [-0.15, -0.1) is 10.2 Å². The van der Waals surface area contributed by atoms with E-state index in [-0.39, 0.29) is 16.2 Å². The first kappa shape index (κ1) is 19.5. The summed E-state index contributed by atoms with van der Waals surface area (Å²) in [7, 11) is 0. The minimum Gasteiger partial charge on any atom is -0.341 e. The molecule has 1 N–H and O–H groups in total. The number of hydrogen-bond donors (Lipinski definition) is 1. The Morgan fingerprint density at radius 1 is 1.29 bits per heavy atom. The van der Waals surface area contributed by atoms with E-state index in [9.17, 15) is 9.18 Å². The molecule has 1 amide bonds. The van der Waals surface area contributed by atoms with Gasteiger partial charge in [0.15, 0.2) is 5.16 Å². The van der Waals surface area contributed by atoms with Crippen molar-refractivity contribution >= 4 is 40.9 Å². The first-order chi connectivity index (χ1) is 13.5. The molecule has 1 saturated carbocycles. The Labute approximate surface area is 172 Å². The summed E-state index contributed by atoms with van der Waals surface area (Å²) >= 11 is 7.19. The number of thioether (sulfide) groups is 1. The number of anilines is 2. The van der Waals surface area contributed by atoms with Crippen LogP contribution >= 0.6 is 23.4 Å². The summed E-state index contributed by atoms with van der Waals surface area (Å²) in [4.78, 5) is 14.9. The summed E-state index contributed by atoms with van der Waals surface area (Å²) in [6.45, 7) is 3.85. The smallest absolute Gasteiger partial charge is 0.237 e. The highest BCUT2D eigenvalue weighted by molar-refractivity contribution is 8.00. The largest absolute Gasteiger partial charge is 0.341 e. The monoisotopic (exact) mass is 423 g/mol. The van der Waals surface area contributed by atoms with Crippen molar-refractivity contribution in [3.05, 3.63) is 29.0 Å². The number of nitrogens with one attached hydrogen (secondary N) is 1. The predicted octanol–water partition coefficient (Wildman–Crippen LogP) is 4.52. The first-order valence-corrected chi connectivity index (χ1v) is 10.9. The number of hydrogen-bond acceptors (Lipinski definition) is 5. The molecule has 6 nitrogen and oxygen atoms in total. The summed E-state index contributed by atoms with van der Waals surface area (Å²) in [6.07, 6.45) is 5.88. The fourth-order valence-electron chi connectivity index (χ4n) is 3.34. The minimum atomic E-state index is -0.509. The van der Waals surface area contributed by atoms with Crippen LogP contribution < -0.4 is 10.2 Å². The van der Waals surface area contributed by atoms with E-state index in [4.69, 9.17) is 11.6 Å². The molecule has 2 aliphatic rings. The van der Waals surface area contributed by atoms with Gasteiger partial charge in [0.2, 0.25) is 11.9 Å². The van der Waals surface area contributed by atoms with Gasteiger partial charge in [0.1, 0.15) is 5.82 Å². The molecule has 1 saturated heterocycles. The third-order valence-corrected chi connectivity index (χ3v) is 6.38. The highest BCUT2D eigenvalue weighted by Gasteiger charge is 2.33. The second-order valence-electron chi connectivity index (χ2n) is 7.31. The molecule has 1 aliphatic heterocycles. The SMILES string of the molecule is CC(Sc1nnc(N2CCCCC2)n1C1CC1)C(=O)Nc1ccc(F)c(Cl)c1. The lowest BCUT2D eigenvalue weighted by molar-refractivity contribution is -0.115. The Bertz CT molecular complexity index is 866. The fourth-order valence-corrected chi connectivity index (χ4v) is 4.44. The summed E-state index contributed by atoms with van der Waals surface area (Å²) in [5, 5.41) is 12.0. The van der Waals surface area contributed by atoms with Gasteiger partial charge in [-0.2, -0.15) is 0 Å². The van der Waals surface area contributed by atoms with E-state index in [1.54, 1.807) is 0 Å². The zero-order chi connectivity index (χ0) is 19.7. The molecule has 0 radical (unpaired) electrons. The lowest BCUT2D eigenvalue weighted by atomic mass is 10.1. The molecule has 2 heterocycles. The Morgan fingerprint density at radius 3 is 2.71 bits per heavy atom. The topological polar surface area (TPSA) is 63.1 Å². The standard InChI is InChI=1S/C19H23ClFN5OS/c1-12(17(27)22-13-5-8-16(21)15(20)11-13)28-19-24-23-18(26(19)14-6-7-14)25-9-3-2-4-10-25/h5,8,11-12,14H,2-4,6-7,9-10H2,1H3,(H,22,27). The Morgan fingerprint density at radius 2 is 2.04 bits per heavy atom. The summed E-state index contributed by atoms with van der Waals surface area (Å²) in [5.41, 5.74) is 0.474. The van der Waals surface area contributed by atoms with Crippen LogP contribution in [0.1, 0.15) is 45.1 Å². The molecular formula is C19H23ClFN5OS. The van der Waals surface area contributed by atoms with Crippen molar-refractivity contribution in [2.45, 2.75) is 55.5 Å². The van der Waals surface area contributed by atoms with E-state index in [1.165, 1.54) is 49.2 Å². The number of amides is 1. The maximum absolute atomic E-state index is 13.3. The summed E-state index contributed by atoms with van der Waals surface area (Å²) < 4.78 is 15.5. The maximum atomic E-state index is 13.3. The summed E-state index contributed by atoms with van der Waals surface area (Å²) in [6, 6.07) is 4.58. The third kappa shape index (κ3) is 4.27. The van der Waals surface area contributed by atoms with E-state index in [2.05, 4.69) is 25.0 Å². The molecule has 2 fully saturated rings. The van der Waals surface area contributed by atoms with E-state index in [0.29, 0.717) is 11.7 Å². The van der Waals surface area contributed by atoms with E-state index >= 15 is 0 Å². The third-order valence-electron chi connectivity index (χ3n) is 5.04. The van der Waals surface area contributed by atoms with Crippen molar-refractivity contribution in [1.82, 2.24) is 14.8 Å². The number of piperidine rings is 1.